The van der Waals surface area contributed by atoms with Crippen molar-refractivity contribution in [3.05, 3.63) is 35.9 Å². The topological polar surface area (TPSA) is 86.8 Å². The van der Waals surface area contributed by atoms with Crippen LogP contribution in [-0.4, -0.2) is 53.1 Å². The predicted octanol–water partition coefficient (Wildman–Crippen LogP) is 0.469. The number of benzene rings is 1. The lowest BCUT2D eigenvalue weighted by Gasteiger charge is -2.33. The molecule has 1 aromatic rings. The molecule has 120 valence electrons. The van der Waals surface area contributed by atoms with Crippen molar-refractivity contribution in [2.24, 2.45) is 0 Å². The first-order chi connectivity index (χ1) is 11.1. The number of imide groups is 1. The van der Waals surface area contributed by atoms with Gasteiger partial charge in [0, 0.05) is 19.1 Å². The van der Waals surface area contributed by atoms with Crippen LogP contribution in [0.5, 0.6) is 0 Å². The van der Waals surface area contributed by atoms with Gasteiger partial charge in [-0.2, -0.15) is 0 Å². The standard InChI is InChI=1S/C16H17N3O4/c20-10-13(11-4-2-1-3-5-11)17-16(23)19-9-8-18(12-6-7-12)14(21)15(19)22/h1-5,10,12-13H,6-9H2,(H,17,23). The highest BCUT2D eigenvalue weighted by atomic mass is 16.2. The largest absolute Gasteiger partial charge is 0.330 e. The predicted molar refractivity (Wildman–Crippen MR) is 80.2 cm³/mol. The van der Waals surface area contributed by atoms with Crippen molar-refractivity contribution in [1.29, 1.82) is 0 Å². The lowest BCUT2D eigenvalue weighted by molar-refractivity contribution is -0.154. The molecule has 2 aliphatic rings. The van der Waals surface area contributed by atoms with Gasteiger partial charge >= 0.3 is 17.8 Å². The Morgan fingerprint density at radius 1 is 1.13 bits per heavy atom. The van der Waals surface area contributed by atoms with Crippen LogP contribution in [0.2, 0.25) is 0 Å². The summed E-state index contributed by atoms with van der Waals surface area (Å²) in [5.74, 6) is -1.48. The number of nitrogens with zero attached hydrogens (tertiary/aromatic N) is 2. The molecule has 0 bridgehead atoms. The second-order valence-electron chi connectivity index (χ2n) is 5.66. The van der Waals surface area contributed by atoms with E-state index in [1.807, 2.05) is 0 Å². The lowest BCUT2D eigenvalue weighted by Crippen LogP contribution is -2.59. The van der Waals surface area contributed by atoms with Crippen LogP contribution in [0.25, 0.3) is 0 Å². The van der Waals surface area contributed by atoms with Crippen LogP contribution in [0.3, 0.4) is 0 Å². The molecular formula is C16H17N3O4. The van der Waals surface area contributed by atoms with Gasteiger partial charge in [-0.05, 0) is 18.4 Å². The Labute approximate surface area is 133 Å². The highest BCUT2D eigenvalue weighted by molar-refractivity contribution is 6.38. The van der Waals surface area contributed by atoms with Gasteiger partial charge in [0.15, 0.2) is 0 Å². The number of carbonyl (C=O) groups is 4. The number of hydrogen-bond acceptors (Lipinski definition) is 4. The van der Waals surface area contributed by atoms with Crippen LogP contribution in [-0.2, 0) is 14.4 Å². The van der Waals surface area contributed by atoms with Crippen LogP contribution < -0.4 is 5.32 Å². The number of aldehydes is 1. The molecule has 4 amide bonds. The smallest absolute Gasteiger partial charge is 0.325 e. The molecule has 1 heterocycles. The fourth-order valence-corrected chi connectivity index (χ4v) is 2.64. The normalized spacial score (nSPS) is 19.5. The molecule has 7 nitrogen and oxygen atoms in total. The number of amides is 4. The quantitative estimate of drug-likeness (QED) is 0.646. The summed E-state index contributed by atoms with van der Waals surface area (Å²) in [4.78, 5) is 50.0. The van der Waals surface area contributed by atoms with Gasteiger partial charge in [-0.3, -0.25) is 14.5 Å². The number of urea groups is 1. The first-order valence-electron chi connectivity index (χ1n) is 7.55. The maximum atomic E-state index is 12.3. The summed E-state index contributed by atoms with van der Waals surface area (Å²) in [6.07, 6.45) is 2.42. The fourth-order valence-electron chi connectivity index (χ4n) is 2.64. The highest BCUT2D eigenvalue weighted by Crippen LogP contribution is 2.28. The molecule has 1 aromatic carbocycles. The number of nitrogens with one attached hydrogen (secondary N) is 1. The molecule has 1 N–H and O–H groups in total. The first-order valence-corrected chi connectivity index (χ1v) is 7.55. The maximum Gasteiger partial charge on any atom is 0.325 e. The summed E-state index contributed by atoms with van der Waals surface area (Å²) in [5, 5.41) is 2.49. The summed E-state index contributed by atoms with van der Waals surface area (Å²) in [5.41, 5.74) is 0.617. The molecule has 1 saturated heterocycles. The molecule has 0 aromatic heterocycles. The zero-order valence-electron chi connectivity index (χ0n) is 12.5. The second kappa shape index (κ2) is 6.20. The molecule has 7 heteroatoms. The van der Waals surface area contributed by atoms with Gasteiger partial charge in [-0.1, -0.05) is 30.3 Å². The zero-order chi connectivity index (χ0) is 16.4. The minimum absolute atomic E-state index is 0.142. The second-order valence-corrected chi connectivity index (χ2v) is 5.66. The molecule has 1 atom stereocenters. The SMILES string of the molecule is O=CC(NC(=O)N1CCN(C2CC2)C(=O)C1=O)c1ccccc1. The highest BCUT2D eigenvalue weighted by Gasteiger charge is 2.42. The summed E-state index contributed by atoms with van der Waals surface area (Å²) >= 11 is 0. The molecular weight excluding hydrogens is 298 g/mol. The summed E-state index contributed by atoms with van der Waals surface area (Å²) in [7, 11) is 0. The minimum Gasteiger partial charge on any atom is -0.330 e. The van der Waals surface area contributed by atoms with E-state index in [9.17, 15) is 19.2 Å². The van der Waals surface area contributed by atoms with E-state index in [-0.39, 0.29) is 12.6 Å². The van der Waals surface area contributed by atoms with E-state index in [0.29, 0.717) is 18.4 Å². The Morgan fingerprint density at radius 2 is 1.83 bits per heavy atom. The van der Waals surface area contributed by atoms with E-state index in [2.05, 4.69) is 5.32 Å². The van der Waals surface area contributed by atoms with Crippen molar-refractivity contribution in [3.63, 3.8) is 0 Å². The Bertz CT molecular complexity index is 642. The average Bonchev–Trinajstić information content (AvgIpc) is 3.40. The molecule has 0 radical (unpaired) electrons. The summed E-state index contributed by atoms with van der Waals surface area (Å²) in [6, 6.07) is 7.28. The average molecular weight is 315 g/mol. The third-order valence-electron chi connectivity index (χ3n) is 4.06. The molecule has 23 heavy (non-hydrogen) atoms. The Morgan fingerprint density at radius 3 is 2.43 bits per heavy atom. The van der Waals surface area contributed by atoms with Crippen molar-refractivity contribution >= 4 is 24.1 Å². The van der Waals surface area contributed by atoms with Gasteiger partial charge in [0.25, 0.3) is 0 Å². The van der Waals surface area contributed by atoms with Gasteiger partial charge in [0.05, 0.1) is 0 Å². The van der Waals surface area contributed by atoms with Gasteiger partial charge in [-0.15, -0.1) is 0 Å². The monoisotopic (exact) mass is 315 g/mol. The maximum absolute atomic E-state index is 12.3. The van der Waals surface area contributed by atoms with Crippen molar-refractivity contribution in [2.75, 3.05) is 13.1 Å². The Hall–Kier alpha value is -2.70. The number of hydrogen-bond donors (Lipinski definition) is 1. The molecule has 2 fully saturated rings. The minimum atomic E-state index is -0.854. The van der Waals surface area contributed by atoms with E-state index < -0.39 is 23.9 Å². The van der Waals surface area contributed by atoms with Crippen molar-refractivity contribution in [2.45, 2.75) is 24.9 Å². The third-order valence-corrected chi connectivity index (χ3v) is 4.06. The van der Waals surface area contributed by atoms with Gasteiger partial charge in [0.1, 0.15) is 12.3 Å². The van der Waals surface area contributed by atoms with Crippen LogP contribution >= 0.6 is 0 Å². The molecule has 3 rings (SSSR count). The summed E-state index contributed by atoms with van der Waals surface area (Å²) in [6.45, 7) is 0.493. The third kappa shape index (κ3) is 3.08. The van der Waals surface area contributed by atoms with Gasteiger partial charge in [0.2, 0.25) is 0 Å². The molecule has 0 spiro atoms. The van der Waals surface area contributed by atoms with Crippen molar-refractivity contribution in [3.8, 4) is 0 Å². The zero-order valence-corrected chi connectivity index (χ0v) is 12.5. The number of piperazine rings is 1. The fraction of sp³-hybridized carbons (Fsp3) is 0.375. The van der Waals surface area contributed by atoms with E-state index in [1.54, 1.807) is 30.3 Å². The van der Waals surface area contributed by atoms with Crippen LogP contribution in [0.15, 0.2) is 30.3 Å². The molecule has 1 saturated carbocycles. The van der Waals surface area contributed by atoms with Crippen LogP contribution in [0, 0.1) is 0 Å². The molecule has 1 aliphatic carbocycles. The van der Waals surface area contributed by atoms with E-state index >= 15 is 0 Å². The van der Waals surface area contributed by atoms with Gasteiger partial charge in [-0.25, -0.2) is 4.79 Å². The van der Waals surface area contributed by atoms with Crippen LogP contribution in [0.1, 0.15) is 24.4 Å². The summed E-state index contributed by atoms with van der Waals surface area (Å²) < 4.78 is 0. The number of rotatable bonds is 4. The van der Waals surface area contributed by atoms with Crippen LogP contribution in [0.4, 0.5) is 4.79 Å². The lowest BCUT2D eigenvalue weighted by atomic mass is 10.1. The van der Waals surface area contributed by atoms with Gasteiger partial charge < -0.3 is 15.0 Å². The Kier molecular flexibility index (Phi) is 4.10. The molecule has 1 unspecified atom stereocenters. The number of carbonyl (C=O) groups excluding carboxylic acids is 4. The molecule has 1 aliphatic heterocycles. The van der Waals surface area contributed by atoms with Crippen molar-refractivity contribution < 1.29 is 19.2 Å². The van der Waals surface area contributed by atoms with E-state index in [1.165, 1.54) is 4.90 Å². The van der Waals surface area contributed by atoms with E-state index in [0.717, 1.165) is 17.7 Å². The Balaban J connectivity index is 1.67. The first kappa shape index (κ1) is 15.2. The van der Waals surface area contributed by atoms with E-state index in [4.69, 9.17) is 0 Å². The van der Waals surface area contributed by atoms with Crippen molar-refractivity contribution in [1.82, 2.24) is 15.1 Å².